The largest absolute Gasteiger partial charge is 0.493 e. The Morgan fingerprint density at radius 1 is 0.935 bits per heavy atom. The summed E-state index contributed by atoms with van der Waals surface area (Å²) in [5, 5.41) is 12.9. The van der Waals surface area contributed by atoms with Crippen LogP contribution >= 0.6 is 11.3 Å². The number of carbonyl (C=O) groups excluding carboxylic acids is 2. The minimum Gasteiger partial charge on any atom is -0.493 e. The molecule has 46 heavy (non-hydrogen) atoms. The van der Waals surface area contributed by atoms with E-state index in [1.165, 1.54) is 24.0 Å². The van der Waals surface area contributed by atoms with E-state index in [4.69, 9.17) is 14.2 Å². The Morgan fingerprint density at radius 2 is 1.67 bits per heavy atom. The van der Waals surface area contributed by atoms with Crippen molar-refractivity contribution in [2.75, 3.05) is 30.8 Å². The predicted molar refractivity (Wildman–Crippen MR) is 182 cm³/mol. The van der Waals surface area contributed by atoms with Crippen molar-refractivity contribution < 1.29 is 23.8 Å². The number of nitrogens with zero attached hydrogens (tertiary/aromatic N) is 1. The van der Waals surface area contributed by atoms with Gasteiger partial charge in [-0.15, -0.1) is 0 Å². The van der Waals surface area contributed by atoms with Crippen LogP contribution in [0.4, 0.5) is 15.6 Å². The number of hydrogen-bond donors (Lipinski definition) is 4. The Morgan fingerprint density at radius 3 is 2.41 bits per heavy atom. The van der Waals surface area contributed by atoms with E-state index in [2.05, 4.69) is 38.4 Å². The Kier molecular flexibility index (Phi) is 11.1. The molecule has 0 atom stereocenters. The first kappa shape index (κ1) is 32.8. The van der Waals surface area contributed by atoms with Crippen molar-refractivity contribution in [1.29, 1.82) is 0 Å². The Hall–Kier alpha value is -4.61. The topological polar surface area (TPSA) is 123 Å². The molecule has 3 amide bonds. The maximum atomic E-state index is 13.5. The van der Waals surface area contributed by atoms with E-state index >= 15 is 0 Å². The summed E-state index contributed by atoms with van der Waals surface area (Å²) in [6, 6.07) is 22.6. The summed E-state index contributed by atoms with van der Waals surface area (Å²) in [5.41, 5.74) is 1.78. The smallest absolute Gasteiger partial charge is 0.319 e. The predicted octanol–water partition coefficient (Wildman–Crippen LogP) is 7.25. The number of amides is 3. The number of rotatable bonds is 13. The number of thiazole rings is 1. The monoisotopic (exact) mass is 643 g/mol. The van der Waals surface area contributed by atoms with Crippen LogP contribution in [-0.2, 0) is 6.42 Å². The average molecular weight is 644 g/mol. The molecule has 0 aliphatic carbocycles. The molecule has 10 nitrogen and oxygen atoms in total. The van der Waals surface area contributed by atoms with Gasteiger partial charge in [0, 0.05) is 24.2 Å². The molecule has 0 spiro atoms. The molecule has 242 valence electrons. The van der Waals surface area contributed by atoms with Crippen LogP contribution in [0.3, 0.4) is 0 Å². The summed E-state index contributed by atoms with van der Waals surface area (Å²) >= 11 is 1.19. The highest BCUT2D eigenvalue weighted by Gasteiger charge is 2.35. The summed E-state index contributed by atoms with van der Waals surface area (Å²) in [5.74, 6) is 1.10. The van der Waals surface area contributed by atoms with Gasteiger partial charge in [0.05, 0.1) is 18.9 Å². The first-order valence-electron chi connectivity index (χ1n) is 15.6. The van der Waals surface area contributed by atoms with Gasteiger partial charge < -0.3 is 30.2 Å². The van der Waals surface area contributed by atoms with Gasteiger partial charge in [0.25, 0.3) is 5.91 Å². The summed E-state index contributed by atoms with van der Waals surface area (Å²) in [6.45, 7) is 5.76. The Bertz CT molecular complexity index is 1600. The van der Waals surface area contributed by atoms with Crippen LogP contribution in [0.1, 0.15) is 55.5 Å². The zero-order chi connectivity index (χ0) is 32.4. The number of hydrogen-bond acceptors (Lipinski definition) is 8. The first-order valence-corrected chi connectivity index (χ1v) is 16.4. The normalized spacial score (nSPS) is 13.9. The molecule has 1 saturated heterocycles. The summed E-state index contributed by atoms with van der Waals surface area (Å²) in [6.07, 6.45) is 5.66. The van der Waals surface area contributed by atoms with Gasteiger partial charge in [-0.2, -0.15) is 0 Å². The number of piperidine rings is 1. The van der Waals surface area contributed by atoms with Crippen LogP contribution < -0.4 is 35.5 Å². The van der Waals surface area contributed by atoms with Gasteiger partial charge in [-0.25, -0.2) is 9.78 Å². The molecule has 5 rings (SSSR count). The van der Waals surface area contributed by atoms with Crippen molar-refractivity contribution in [3.63, 3.8) is 0 Å². The third kappa shape index (κ3) is 8.55. The number of methoxy groups -OCH3 is 1. The molecule has 4 N–H and O–H groups in total. The van der Waals surface area contributed by atoms with Crippen molar-refractivity contribution in [1.82, 2.24) is 15.6 Å². The summed E-state index contributed by atoms with van der Waals surface area (Å²) in [4.78, 5) is 30.2. The van der Waals surface area contributed by atoms with Crippen molar-refractivity contribution in [2.24, 2.45) is 0 Å². The molecule has 2 heterocycles. The van der Waals surface area contributed by atoms with Crippen LogP contribution in [-0.4, -0.2) is 48.8 Å². The number of ether oxygens (including phenoxy) is 3. The lowest BCUT2D eigenvalue weighted by molar-refractivity contribution is 0.0362. The molecule has 0 saturated carbocycles. The van der Waals surface area contributed by atoms with E-state index in [1.807, 2.05) is 50.2 Å². The number of para-hydroxylation sites is 1. The molecule has 3 aromatic carbocycles. The van der Waals surface area contributed by atoms with Crippen LogP contribution in [0.5, 0.6) is 22.3 Å². The zero-order valence-electron chi connectivity index (χ0n) is 26.4. The fourth-order valence-corrected chi connectivity index (χ4v) is 6.13. The van der Waals surface area contributed by atoms with E-state index in [0.717, 1.165) is 45.2 Å². The minimum absolute atomic E-state index is 0.109. The quantitative estimate of drug-likeness (QED) is 0.121. The van der Waals surface area contributed by atoms with Crippen LogP contribution in [0.15, 0.2) is 79.0 Å². The van der Waals surface area contributed by atoms with E-state index < -0.39 is 5.60 Å². The van der Waals surface area contributed by atoms with E-state index in [9.17, 15) is 9.59 Å². The molecule has 0 bridgehead atoms. The number of anilines is 2. The number of benzene rings is 3. The Labute approximate surface area is 273 Å². The van der Waals surface area contributed by atoms with Gasteiger partial charge in [-0.05, 0) is 68.6 Å². The van der Waals surface area contributed by atoms with Crippen LogP contribution in [0, 0.1) is 0 Å². The average Bonchev–Trinajstić information content (AvgIpc) is 3.51. The third-order valence-electron chi connectivity index (χ3n) is 8.00. The molecule has 1 aliphatic rings. The fourth-order valence-electron chi connectivity index (χ4n) is 5.45. The molecular formula is C35H41N5O5S. The molecule has 1 fully saturated rings. The lowest BCUT2D eigenvalue weighted by atomic mass is 9.85. The SMILES string of the molecule is CCC(CC)NC(=O)Nc1ccc(Oc2cnc(NC(=O)c3ccccc3OC3(Cc4ccccc4)CCNCC3)s2)c(OC)c1. The highest BCUT2D eigenvalue weighted by molar-refractivity contribution is 7.17. The summed E-state index contributed by atoms with van der Waals surface area (Å²) in [7, 11) is 1.53. The number of carbonyl (C=O) groups is 2. The molecular weight excluding hydrogens is 602 g/mol. The van der Waals surface area contributed by atoms with Gasteiger partial charge in [0.15, 0.2) is 16.6 Å². The van der Waals surface area contributed by atoms with Crippen molar-refractivity contribution in [2.45, 2.75) is 57.6 Å². The fraction of sp³-hybridized carbons (Fsp3) is 0.343. The van der Waals surface area contributed by atoms with Crippen LogP contribution in [0.2, 0.25) is 0 Å². The molecule has 11 heteroatoms. The van der Waals surface area contributed by atoms with Gasteiger partial charge in [0.2, 0.25) is 5.06 Å². The third-order valence-corrected chi connectivity index (χ3v) is 8.79. The zero-order valence-corrected chi connectivity index (χ0v) is 27.2. The number of aromatic nitrogens is 1. The highest BCUT2D eigenvalue weighted by Crippen LogP contribution is 2.38. The lowest BCUT2D eigenvalue weighted by Gasteiger charge is -2.38. The standard InChI is InChI=1S/C35H41N5O5S/c1-4-25(5-2)38-33(42)39-26-15-16-29(30(21-26)43-3)44-31-23-37-34(46-31)40-32(41)27-13-9-10-14-28(27)45-35(17-19-36-20-18-35)22-24-11-7-6-8-12-24/h6-16,21,23,25,36H,4-5,17-20,22H2,1-3H3,(H,37,40,41)(H2,38,39,42). The van der Waals surface area contributed by atoms with Gasteiger partial charge in [0.1, 0.15) is 11.4 Å². The maximum Gasteiger partial charge on any atom is 0.319 e. The second kappa shape index (κ2) is 15.6. The number of nitrogens with one attached hydrogen (secondary N) is 4. The van der Waals surface area contributed by atoms with E-state index in [0.29, 0.717) is 38.7 Å². The van der Waals surface area contributed by atoms with E-state index in [-0.39, 0.29) is 18.0 Å². The van der Waals surface area contributed by atoms with Gasteiger partial charge >= 0.3 is 6.03 Å². The molecule has 1 aliphatic heterocycles. The van der Waals surface area contributed by atoms with Crippen LogP contribution in [0.25, 0.3) is 0 Å². The van der Waals surface area contributed by atoms with Crippen molar-refractivity contribution in [3.8, 4) is 22.3 Å². The first-order chi connectivity index (χ1) is 22.4. The van der Waals surface area contributed by atoms with Gasteiger partial charge in [-0.1, -0.05) is 67.6 Å². The lowest BCUT2D eigenvalue weighted by Crippen LogP contribution is -2.48. The molecule has 0 radical (unpaired) electrons. The van der Waals surface area contributed by atoms with Crippen molar-refractivity contribution >= 4 is 34.1 Å². The second-order valence-electron chi connectivity index (χ2n) is 11.2. The molecule has 1 aromatic heterocycles. The van der Waals surface area contributed by atoms with Crippen molar-refractivity contribution in [3.05, 3.63) is 90.1 Å². The molecule has 4 aromatic rings. The Balaban J connectivity index is 1.25. The van der Waals surface area contributed by atoms with Gasteiger partial charge in [-0.3, -0.25) is 10.1 Å². The maximum absolute atomic E-state index is 13.5. The minimum atomic E-state index is -0.424. The number of urea groups is 1. The second-order valence-corrected chi connectivity index (χ2v) is 12.2. The molecule has 0 unspecified atom stereocenters. The highest BCUT2D eigenvalue weighted by atomic mass is 32.1. The van der Waals surface area contributed by atoms with E-state index in [1.54, 1.807) is 30.5 Å². The summed E-state index contributed by atoms with van der Waals surface area (Å²) < 4.78 is 18.3.